The van der Waals surface area contributed by atoms with Crippen LogP contribution in [0.3, 0.4) is 0 Å². The molecule has 0 aliphatic rings. The van der Waals surface area contributed by atoms with Crippen molar-refractivity contribution in [2.75, 3.05) is 6.66 Å². The molecule has 0 atom stereocenters. The Kier molecular flexibility index (Phi) is 1.57. The van der Waals surface area contributed by atoms with E-state index in [1.165, 1.54) is 6.66 Å². The molecule has 4 heteroatoms. The van der Waals surface area contributed by atoms with Crippen LogP contribution in [0.2, 0.25) is 0 Å². The smallest absolute Gasteiger partial charge is 0.203 e. The summed E-state index contributed by atoms with van der Waals surface area (Å²) in [6.45, 7) is 1.18. The van der Waals surface area contributed by atoms with Gasteiger partial charge in [-0.15, -0.1) is 0 Å². The zero-order chi connectivity index (χ0) is 4.50. The molecular formula is CH5ClO2P+. The second-order valence-electron chi connectivity index (χ2n) is 0.810. The Bertz CT molecular complexity index is 25.1. The Morgan fingerprint density at radius 3 is 1.60 bits per heavy atom. The number of halogens is 1. The van der Waals surface area contributed by atoms with E-state index in [4.69, 9.17) is 21.0 Å². The summed E-state index contributed by atoms with van der Waals surface area (Å²) in [5.74, 6) is 0. The lowest BCUT2D eigenvalue weighted by molar-refractivity contribution is 0.481. The maximum absolute atomic E-state index is 7.95. The van der Waals surface area contributed by atoms with E-state index in [0.717, 1.165) is 0 Å². The first-order chi connectivity index (χ1) is 2.00. The molecule has 0 fully saturated rings. The molecule has 0 rings (SSSR count). The lowest BCUT2D eigenvalue weighted by Gasteiger charge is -1.85. The van der Waals surface area contributed by atoms with E-state index in [-0.39, 0.29) is 0 Å². The molecule has 0 bridgehead atoms. The summed E-state index contributed by atoms with van der Waals surface area (Å²) < 4.78 is 0. The summed E-state index contributed by atoms with van der Waals surface area (Å²) in [5, 5.41) is 0. The van der Waals surface area contributed by atoms with Crippen molar-refractivity contribution >= 4 is 18.3 Å². The van der Waals surface area contributed by atoms with Gasteiger partial charge in [-0.1, -0.05) is 0 Å². The Morgan fingerprint density at radius 1 is 1.60 bits per heavy atom. The van der Waals surface area contributed by atoms with Gasteiger partial charge in [-0.05, 0) is 0 Å². The van der Waals surface area contributed by atoms with Crippen molar-refractivity contribution in [3.63, 3.8) is 0 Å². The fourth-order valence-corrected chi connectivity index (χ4v) is 0. The van der Waals surface area contributed by atoms with Gasteiger partial charge in [-0.3, -0.25) is 0 Å². The van der Waals surface area contributed by atoms with Gasteiger partial charge in [0.2, 0.25) is 0 Å². The van der Waals surface area contributed by atoms with Crippen LogP contribution in [0.4, 0.5) is 0 Å². The SMILES string of the molecule is C[P+](O)(O)Cl. The van der Waals surface area contributed by atoms with Crippen LogP contribution >= 0.6 is 18.3 Å². The molecule has 0 saturated heterocycles. The molecule has 0 saturated carbocycles. The van der Waals surface area contributed by atoms with E-state index in [1.807, 2.05) is 0 Å². The van der Waals surface area contributed by atoms with Crippen molar-refractivity contribution in [3.05, 3.63) is 0 Å². The second kappa shape index (κ2) is 1.39. The molecule has 32 valence electrons. The first-order valence-electron chi connectivity index (χ1n) is 1.02. The van der Waals surface area contributed by atoms with Crippen LogP contribution in [0.1, 0.15) is 0 Å². The maximum atomic E-state index is 7.95. The first kappa shape index (κ1) is 5.64. The molecule has 0 aromatic rings. The van der Waals surface area contributed by atoms with E-state index in [0.29, 0.717) is 0 Å². The molecule has 0 aliphatic heterocycles. The van der Waals surface area contributed by atoms with Crippen molar-refractivity contribution in [1.82, 2.24) is 0 Å². The molecule has 2 nitrogen and oxygen atoms in total. The lowest BCUT2D eigenvalue weighted by Crippen LogP contribution is -1.68. The molecule has 0 aliphatic carbocycles. The van der Waals surface area contributed by atoms with Crippen molar-refractivity contribution < 1.29 is 9.79 Å². The van der Waals surface area contributed by atoms with Crippen LogP contribution in [0.15, 0.2) is 0 Å². The van der Waals surface area contributed by atoms with Crippen LogP contribution in [0.5, 0.6) is 0 Å². The number of rotatable bonds is 0. The molecule has 0 unspecified atom stereocenters. The van der Waals surface area contributed by atoms with Crippen LogP contribution in [-0.2, 0) is 0 Å². The van der Waals surface area contributed by atoms with Gasteiger partial charge in [0, 0.05) is 0 Å². The minimum atomic E-state index is -2.92. The molecule has 0 aromatic carbocycles. The highest BCUT2D eigenvalue weighted by Gasteiger charge is 2.18. The standard InChI is InChI=1S/CH5ClO2P/c1-5(2,3)4/h3-4H,1H3/q+1. The number of hydrogen-bond donors (Lipinski definition) is 2. The summed E-state index contributed by atoms with van der Waals surface area (Å²) in [6.07, 6.45) is 0. The maximum Gasteiger partial charge on any atom is 0.362 e. The van der Waals surface area contributed by atoms with E-state index in [2.05, 4.69) is 0 Å². The van der Waals surface area contributed by atoms with E-state index < -0.39 is 7.07 Å². The first-order valence-corrected chi connectivity index (χ1v) is 4.06. The Hall–Kier alpha value is 0.640. The third-order valence-electron chi connectivity index (χ3n) is 0. The highest BCUT2D eigenvalue weighted by Crippen LogP contribution is 2.50. The Balaban J connectivity index is 3.02. The van der Waals surface area contributed by atoms with Crippen molar-refractivity contribution in [2.24, 2.45) is 0 Å². The van der Waals surface area contributed by atoms with Gasteiger partial charge in [0.1, 0.15) is 6.66 Å². The molecule has 0 radical (unpaired) electrons. The molecule has 0 heterocycles. The molecular weight excluding hydrogens is 110 g/mol. The van der Waals surface area contributed by atoms with Crippen LogP contribution < -0.4 is 0 Å². The number of hydrogen-bond acceptors (Lipinski definition) is 2. The normalized spacial score (nSPS) is 12.0. The fraction of sp³-hybridized carbons (Fsp3) is 1.00. The molecule has 0 spiro atoms. The van der Waals surface area contributed by atoms with Crippen LogP contribution in [0.25, 0.3) is 0 Å². The van der Waals surface area contributed by atoms with Gasteiger partial charge < -0.3 is 0 Å². The largest absolute Gasteiger partial charge is 0.362 e. The van der Waals surface area contributed by atoms with Crippen molar-refractivity contribution in [3.8, 4) is 0 Å². The summed E-state index contributed by atoms with van der Waals surface area (Å²) >= 11 is 4.75. The Labute approximate surface area is 35.7 Å². The Morgan fingerprint density at radius 2 is 1.60 bits per heavy atom. The van der Waals surface area contributed by atoms with Crippen molar-refractivity contribution in [1.29, 1.82) is 0 Å². The van der Waals surface area contributed by atoms with E-state index in [9.17, 15) is 0 Å². The highest BCUT2D eigenvalue weighted by atomic mass is 35.7. The van der Waals surface area contributed by atoms with E-state index >= 15 is 0 Å². The van der Waals surface area contributed by atoms with E-state index in [1.54, 1.807) is 0 Å². The monoisotopic (exact) mass is 115 g/mol. The molecule has 0 amide bonds. The van der Waals surface area contributed by atoms with Gasteiger partial charge in [-0.2, -0.15) is 0 Å². The fourth-order valence-electron chi connectivity index (χ4n) is 0. The minimum absolute atomic E-state index is 1.18. The third kappa shape index (κ3) is 79.0. The summed E-state index contributed by atoms with van der Waals surface area (Å²) in [5.41, 5.74) is 0. The summed E-state index contributed by atoms with van der Waals surface area (Å²) in [7, 11) is -2.92. The highest BCUT2D eigenvalue weighted by molar-refractivity contribution is 7.89. The van der Waals surface area contributed by atoms with Crippen LogP contribution in [-0.4, -0.2) is 16.5 Å². The van der Waals surface area contributed by atoms with Gasteiger partial charge in [0.05, 0.1) is 0 Å². The molecule has 0 aromatic heterocycles. The minimum Gasteiger partial charge on any atom is -0.203 e. The zero-order valence-corrected chi connectivity index (χ0v) is 4.37. The summed E-state index contributed by atoms with van der Waals surface area (Å²) in [4.78, 5) is 15.9. The quantitative estimate of drug-likeness (QED) is 0.454. The average Bonchev–Trinajstić information content (AvgIpc) is 0.722. The summed E-state index contributed by atoms with van der Waals surface area (Å²) in [6, 6.07) is 0. The molecule has 2 N–H and O–H groups in total. The van der Waals surface area contributed by atoms with Crippen LogP contribution in [0, 0.1) is 0 Å². The lowest BCUT2D eigenvalue weighted by atomic mass is 12.0. The molecule has 5 heavy (non-hydrogen) atoms. The van der Waals surface area contributed by atoms with Gasteiger partial charge >= 0.3 is 7.07 Å². The average molecular weight is 115 g/mol. The van der Waals surface area contributed by atoms with Gasteiger partial charge in [0.15, 0.2) is 11.2 Å². The van der Waals surface area contributed by atoms with Crippen molar-refractivity contribution in [2.45, 2.75) is 0 Å². The third-order valence-corrected chi connectivity index (χ3v) is 0. The predicted octanol–water partition coefficient (Wildman–Crippen LogP) is 0.602. The topological polar surface area (TPSA) is 40.5 Å². The second-order valence-corrected chi connectivity index (χ2v) is 4.35. The zero-order valence-electron chi connectivity index (χ0n) is 2.72. The predicted molar refractivity (Wildman–Crippen MR) is 23.1 cm³/mol. The van der Waals surface area contributed by atoms with Gasteiger partial charge in [0.25, 0.3) is 0 Å². The van der Waals surface area contributed by atoms with Gasteiger partial charge in [-0.25, -0.2) is 9.79 Å².